The number of piperazine rings is 1. The molecule has 1 amide bonds. The maximum atomic E-state index is 13.3. The highest BCUT2D eigenvalue weighted by Gasteiger charge is 2.19. The van der Waals surface area contributed by atoms with Gasteiger partial charge in [0.1, 0.15) is 5.75 Å². The van der Waals surface area contributed by atoms with Crippen molar-refractivity contribution in [3.63, 3.8) is 0 Å². The first-order valence-electron chi connectivity index (χ1n) is 12.5. The third kappa shape index (κ3) is 5.85. The highest BCUT2D eigenvalue weighted by atomic mass is 16.5. The summed E-state index contributed by atoms with van der Waals surface area (Å²) in [6.07, 6.45) is 0. The van der Waals surface area contributed by atoms with Crippen LogP contribution < -0.4 is 15.0 Å². The maximum absolute atomic E-state index is 13.3. The standard InChI is InChI=1S/C30H37N3O2/c1-21(2)23-6-8-24(9-7-23)29-20-27(35-5)14-15-28(29)30(34)31-25-10-12-26(13-11-25)33-18-16-32(17-19-33)22(3)4/h6-15,20-22H,16-19H2,1-5H3,(H,31,34). The first-order valence-corrected chi connectivity index (χ1v) is 12.5. The molecule has 0 unspecified atom stereocenters. The van der Waals surface area contributed by atoms with E-state index in [2.05, 4.69) is 79.2 Å². The number of amides is 1. The topological polar surface area (TPSA) is 44.8 Å². The molecule has 5 nitrogen and oxygen atoms in total. The van der Waals surface area contributed by atoms with E-state index in [1.807, 2.05) is 30.3 Å². The molecule has 1 heterocycles. The Labute approximate surface area is 209 Å². The number of carbonyl (C=O) groups is 1. The fourth-order valence-corrected chi connectivity index (χ4v) is 4.59. The number of nitrogens with one attached hydrogen (secondary N) is 1. The molecule has 1 aliphatic rings. The molecule has 1 aliphatic heterocycles. The van der Waals surface area contributed by atoms with Gasteiger partial charge in [-0.2, -0.15) is 0 Å². The van der Waals surface area contributed by atoms with E-state index in [1.54, 1.807) is 7.11 Å². The number of carbonyl (C=O) groups excluding carboxylic acids is 1. The van der Waals surface area contributed by atoms with E-state index < -0.39 is 0 Å². The molecule has 0 aromatic heterocycles. The fraction of sp³-hybridized carbons (Fsp3) is 0.367. The molecule has 5 heteroatoms. The number of anilines is 2. The van der Waals surface area contributed by atoms with Gasteiger partial charge >= 0.3 is 0 Å². The van der Waals surface area contributed by atoms with E-state index in [-0.39, 0.29) is 5.91 Å². The lowest BCUT2D eigenvalue weighted by Gasteiger charge is -2.38. The lowest BCUT2D eigenvalue weighted by molar-refractivity contribution is 0.102. The van der Waals surface area contributed by atoms with Crippen molar-refractivity contribution in [1.82, 2.24) is 4.90 Å². The number of methoxy groups -OCH3 is 1. The molecule has 1 saturated heterocycles. The van der Waals surface area contributed by atoms with Gasteiger partial charge < -0.3 is 15.0 Å². The zero-order valence-electron chi connectivity index (χ0n) is 21.5. The second-order valence-electron chi connectivity index (χ2n) is 9.81. The van der Waals surface area contributed by atoms with Gasteiger partial charge in [-0.3, -0.25) is 9.69 Å². The van der Waals surface area contributed by atoms with Crippen LogP contribution in [0.1, 0.15) is 49.5 Å². The molecule has 4 rings (SSSR count). The van der Waals surface area contributed by atoms with E-state index in [1.165, 1.54) is 11.3 Å². The first-order chi connectivity index (χ1) is 16.9. The average Bonchev–Trinajstić information content (AvgIpc) is 2.88. The van der Waals surface area contributed by atoms with Gasteiger partial charge in [0.05, 0.1) is 7.11 Å². The predicted molar refractivity (Wildman–Crippen MR) is 146 cm³/mol. The zero-order valence-corrected chi connectivity index (χ0v) is 21.5. The summed E-state index contributed by atoms with van der Waals surface area (Å²) in [5.41, 5.74) is 5.73. The van der Waals surface area contributed by atoms with Crippen LogP contribution in [0.15, 0.2) is 66.7 Å². The van der Waals surface area contributed by atoms with Crippen molar-refractivity contribution >= 4 is 17.3 Å². The van der Waals surface area contributed by atoms with E-state index in [0.717, 1.165) is 48.7 Å². The first kappa shape index (κ1) is 24.8. The quantitative estimate of drug-likeness (QED) is 0.441. The summed E-state index contributed by atoms with van der Waals surface area (Å²) in [6, 6.07) is 22.8. The Morgan fingerprint density at radius 1 is 0.857 bits per heavy atom. The Kier molecular flexibility index (Phi) is 7.76. The molecule has 0 aliphatic carbocycles. The van der Waals surface area contributed by atoms with Crippen LogP contribution in [0.25, 0.3) is 11.1 Å². The maximum Gasteiger partial charge on any atom is 0.256 e. The van der Waals surface area contributed by atoms with Crippen LogP contribution in [0, 0.1) is 0 Å². The summed E-state index contributed by atoms with van der Waals surface area (Å²) in [5.74, 6) is 1.06. The summed E-state index contributed by atoms with van der Waals surface area (Å²) in [7, 11) is 1.64. The molecule has 184 valence electrons. The SMILES string of the molecule is COc1ccc(C(=O)Nc2ccc(N3CCN(C(C)C)CC3)cc2)c(-c2ccc(C(C)C)cc2)c1. The van der Waals surface area contributed by atoms with Crippen LogP contribution in [0.3, 0.4) is 0 Å². The Bertz CT molecular complexity index is 1130. The third-order valence-electron chi connectivity index (χ3n) is 6.89. The number of hydrogen-bond acceptors (Lipinski definition) is 4. The van der Waals surface area contributed by atoms with Crippen molar-refractivity contribution in [2.24, 2.45) is 0 Å². The second-order valence-corrected chi connectivity index (χ2v) is 9.81. The van der Waals surface area contributed by atoms with Gasteiger partial charge in [0, 0.05) is 49.2 Å². The van der Waals surface area contributed by atoms with Crippen LogP contribution in [0.2, 0.25) is 0 Å². The van der Waals surface area contributed by atoms with E-state index in [9.17, 15) is 4.79 Å². The smallest absolute Gasteiger partial charge is 0.256 e. The van der Waals surface area contributed by atoms with Crippen molar-refractivity contribution in [3.8, 4) is 16.9 Å². The van der Waals surface area contributed by atoms with Crippen molar-refractivity contribution in [1.29, 1.82) is 0 Å². The van der Waals surface area contributed by atoms with Crippen LogP contribution >= 0.6 is 0 Å². The summed E-state index contributed by atoms with van der Waals surface area (Å²) < 4.78 is 5.44. The lowest BCUT2D eigenvalue weighted by atomic mass is 9.95. The molecule has 0 bridgehead atoms. The molecular weight excluding hydrogens is 434 g/mol. The highest BCUT2D eigenvalue weighted by molar-refractivity contribution is 6.09. The Balaban J connectivity index is 1.50. The molecule has 1 fully saturated rings. The molecule has 3 aromatic rings. The van der Waals surface area contributed by atoms with Crippen LogP contribution in [-0.4, -0.2) is 50.1 Å². The van der Waals surface area contributed by atoms with Gasteiger partial charge in [0.2, 0.25) is 0 Å². The molecule has 1 N–H and O–H groups in total. The monoisotopic (exact) mass is 471 g/mol. The molecule has 0 radical (unpaired) electrons. The third-order valence-corrected chi connectivity index (χ3v) is 6.89. The minimum Gasteiger partial charge on any atom is -0.497 e. The van der Waals surface area contributed by atoms with Crippen molar-refractivity contribution in [2.75, 3.05) is 43.5 Å². The summed E-state index contributed by atoms with van der Waals surface area (Å²) in [5, 5.41) is 3.08. The minimum atomic E-state index is -0.131. The summed E-state index contributed by atoms with van der Waals surface area (Å²) >= 11 is 0. The molecule has 0 saturated carbocycles. The van der Waals surface area contributed by atoms with Crippen molar-refractivity contribution in [2.45, 2.75) is 39.7 Å². The van der Waals surface area contributed by atoms with Crippen molar-refractivity contribution in [3.05, 3.63) is 77.9 Å². The molecule has 0 spiro atoms. The number of hydrogen-bond donors (Lipinski definition) is 1. The lowest BCUT2D eigenvalue weighted by Crippen LogP contribution is -2.48. The van der Waals surface area contributed by atoms with Crippen molar-refractivity contribution < 1.29 is 9.53 Å². The molecular formula is C30H37N3O2. The molecule has 0 atom stereocenters. The summed E-state index contributed by atoms with van der Waals surface area (Å²) in [4.78, 5) is 18.2. The van der Waals surface area contributed by atoms with Crippen LogP contribution in [0.4, 0.5) is 11.4 Å². The van der Waals surface area contributed by atoms with Crippen LogP contribution in [-0.2, 0) is 0 Å². The van der Waals surface area contributed by atoms with Gasteiger partial charge in [0.15, 0.2) is 0 Å². The van der Waals surface area contributed by atoms with E-state index in [4.69, 9.17) is 4.74 Å². The second kappa shape index (κ2) is 11.0. The molecule has 3 aromatic carbocycles. The number of nitrogens with zero attached hydrogens (tertiary/aromatic N) is 2. The normalized spacial score (nSPS) is 14.4. The summed E-state index contributed by atoms with van der Waals surface area (Å²) in [6.45, 7) is 13.1. The number of ether oxygens (including phenoxy) is 1. The van der Waals surface area contributed by atoms with E-state index >= 15 is 0 Å². The highest BCUT2D eigenvalue weighted by Crippen LogP contribution is 2.30. The van der Waals surface area contributed by atoms with Crippen LogP contribution in [0.5, 0.6) is 5.75 Å². The van der Waals surface area contributed by atoms with Gasteiger partial charge in [-0.15, -0.1) is 0 Å². The van der Waals surface area contributed by atoms with Gasteiger partial charge in [-0.1, -0.05) is 38.1 Å². The molecule has 35 heavy (non-hydrogen) atoms. The van der Waals surface area contributed by atoms with Gasteiger partial charge in [-0.25, -0.2) is 0 Å². The largest absolute Gasteiger partial charge is 0.497 e. The fourth-order valence-electron chi connectivity index (χ4n) is 4.59. The van der Waals surface area contributed by atoms with E-state index in [0.29, 0.717) is 17.5 Å². The minimum absolute atomic E-state index is 0.131. The van der Waals surface area contributed by atoms with Gasteiger partial charge in [-0.05, 0) is 78.9 Å². The van der Waals surface area contributed by atoms with Gasteiger partial charge in [0.25, 0.3) is 5.91 Å². The number of rotatable bonds is 7. The zero-order chi connectivity index (χ0) is 24.9. The predicted octanol–water partition coefficient (Wildman–Crippen LogP) is 6.27. The Morgan fingerprint density at radius 3 is 2.09 bits per heavy atom. The Morgan fingerprint density at radius 2 is 1.51 bits per heavy atom. The number of benzene rings is 3. The average molecular weight is 472 g/mol. The Hall–Kier alpha value is -3.31.